The van der Waals surface area contributed by atoms with Crippen molar-refractivity contribution < 1.29 is 0 Å². The molecule has 6 aromatic carbocycles. The molecule has 0 aliphatic carbocycles. The monoisotopic (exact) mass is 611 g/mol. The molecule has 0 unspecified atom stereocenters. The van der Waals surface area contributed by atoms with Gasteiger partial charge in [-0.1, -0.05) is 115 Å². The highest BCUT2D eigenvalue weighted by atomic mass is 15.0. The topological polar surface area (TPSA) is 69.8 Å². The number of para-hydroxylation sites is 1. The molecule has 9 aromatic rings. The van der Waals surface area contributed by atoms with Gasteiger partial charge in [0.2, 0.25) is 0 Å². The quantitative estimate of drug-likeness (QED) is 0.199. The molecule has 0 radical (unpaired) electrons. The molecule has 9 rings (SSSR count). The van der Waals surface area contributed by atoms with Gasteiger partial charge in [0.15, 0.2) is 0 Å². The molecule has 0 N–H and O–H groups in total. The summed E-state index contributed by atoms with van der Waals surface area (Å²) in [6, 6.07) is 53.7. The molecule has 5 nitrogen and oxygen atoms in total. The van der Waals surface area contributed by atoms with Crippen molar-refractivity contribution in [3.63, 3.8) is 0 Å². The van der Waals surface area contributed by atoms with E-state index in [4.69, 9.17) is 4.98 Å². The SMILES string of the molecule is N#Cc1c(-c2ccccc2)c(C#N)c(-c2ccccc2)c(-n2c3ccccc3c3c4nc5ccccn5c4ccc32)c1-c1ccccc1. The van der Waals surface area contributed by atoms with Crippen molar-refractivity contribution in [3.05, 3.63) is 163 Å². The lowest BCUT2D eigenvalue weighted by molar-refractivity contribution is 1.18. The number of aromatic nitrogens is 3. The predicted octanol–water partition coefficient (Wildman–Crippen LogP) is 10.3. The van der Waals surface area contributed by atoms with Gasteiger partial charge >= 0.3 is 0 Å². The van der Waals surface area contributed by atoms with Gasteiger partial charge in [-0.3, -0.25) is 4.40 Å². The highest BCUT2D eigenvalue weighted by Crippen LogP contribution is 2.49. The van der Waals surface area contributed by atoms with Crippen LogP contribution in [0.25, 0.3) is 77.6 Å². The van der Waals surface area contributed by atoms with Crippen LogP contribution in [0.5, 0.6) is 0 Å². The first-order chi connectivity index (χ1) is 23.8. The van der Waals surface area contributed by atoms with Gasteiger partial charge in [-0.15, -0.1) is 0 Å². The molecule has 0 saturated carbocycles. The van der Waals surface area contributed by atoms with Gasteiger partial charge in [0.1, 0.15) is 17.8 Å². The standard InChI is InChI=1S/C43H25N5/c44-26-32-38(28-14-4-1-5-15-28)33(27-45)40(30-18-8-3-9-19-30)43(39(32)29-16-6-2-7-17-29)48-34-21-11-10-20-31(34)41-35(48)23-24-36-42(41)46-37-22-12-13-25-47(36)37/h1-25H. The van der Waals surface area contributed by atoms with E-state index in [0.29, 0.717) is 16.7 Å². The maximum Gasteiger partial charge on any atom is 0.137 e. The predicted molar refractivity (Wildman–Crippen MR) is 193 cm³/mol. The van der Waals surface area contributed by atoms with Crippen LogP contribution in [0.1, 0.15) is 11.1 Å². The first-order valence-electron chi connectivity index (χ1n) is 15.8. The Morgan fingerprint density at radius 1 is 0.479 bits per heavy atom. The molecule has 0 spiro atoms. The molecule has 0 amide bonds. The molecule has 0 fully saturated rings. The van der Waals surface area contributed by atoms with Gasteiger partial charge in [-0.05, 0) is 47.0 Å². The Morgan fingerprint density at radius 3 is 1.60 bits per heavy atom. The van der Waals surface area contributed by atoms with E-state index in [1.165, 1.54) is 0 Å². The molecule has 0 aliphatic rings. The fraction of sp³-hybridized carbons (Fsp3) is 0. The molecule has 5 heteroatoms. The van der Waals surface area contributed by atoms with Crippen molar-refractivity contribution in [2.75, 3.05) is 0 Å². The Balaban J connectivity index is 1.57. The minimum Gasteiger partial charge on any atom is -0.308 e. The van der Waals surface area contributed by atoms with Crippen LogP contribution in [0.4, 0.5) is 0 Å². The second kappa shape index (κ2) is 10.8. The van der Waals surface area contributed by atoms with E-state index in [9.17, 15) is 10.5 Å². The third-order valence-corrected chi connectivity index (χ3v) is 9.22. The van der Waals surface area contributed by atoms with Gasteiger partial charge in [-0.25, -0.2) is 4.98 Å². The average molecular weight is 612 g/mol. The molecule has 0 atom stereocenters. The van der Waals surface area contributed by atoms with Crippen LogP contribution < -0.4 is 0 Å². The molecule has 0 saturated heterocycles. The number of pyridine rings is 1. The lowest BCUT2D eigenvalue weighted by atomic mass is 9.82. The lowest BCUT2D eigenvalue weighted by Gasteiger charge is -2.24. The molecule has 0 aliphatic heterocycles. The highest BCUT2D eigenvalue weighted by Gasteiger charge is 2.30. The molecule has 0 bridgehead atoms. The Kier molecular flexibility index (Phi) is 6.18. The van der Waals surface area contributed by atoms with E-state index in [1.54, 1.807) is 0 Å². The zero-order chi connectivity index (χ0) is 32.2. The van der Waals surface area contributed by atoms with Crippen molar-refractivity contribution in [2.24, 2.45) is 0 Å². The Hall–Kier alpha value is -6.95. The summed E-state index contributed by atoms with van der Waals surface area (Å²) >= 11 is 0. The fourth-order valence-corrected chi connectivity index (χ4v) is 7.27. The number of benzene rings is 6. The second-order valence-corrected chi connectivity index (χ2v) is 11.8. The number of fused-ring (bicyclic) bond motifs is 7. The third kappa shape index (κ3) is 3.92. The van der Waals surface area contributed by atoms with E-state index in [2.05, 4.69) is 51.4 Å². The molecule has 3 heterocycles. The fourth-order valence-electron chi connectivity index (χ4n) is 7.27. The van der Waals surface area contributed by atoms with Gasteiger partial charge in [0.25, 0.3) is 0 Å². The zero-order valence-corrected chi connectivity index (χ0v) is 25.7. The smallest absolute Gasteiger partial charge is 0.137 e. The minimum absolute atomic E-state index is 0.457. The van der Waals surface area contributed by atoms with Crippen LogP contribution in [0.2, 0.25) is 0 Å². The van der Waals surface area contributed by atoms with Crippen LogP contribution in [-0.4, -0.2) is 14.0 Å². The first-order valence-corrected chi connectivity index (χ1v) is 15.8. The minimum atomic E-state index is 0.457. The molecule has 3 aromatic heterocycles. The highest BCUT2D eigenvalue weighted by molar-refractivity contribution is 6.21. The summed E-state index contributed by atoms with van der Waals surface area (Å²) in [7, 11) is 0. The number of nitrogens with zero attached hydrogens (tertiary/aromatic N) is 5. The maximum atomic E-state index is 11.1. The van der Waals surface area contributed by atoms with Crippen molar-refractivity contribution in [1.29, 1.82) is 10.5 Å². The second-order valence-electron chi connectivity index (χ2n) is 11.8. The molecular formula is C43H25N5. The summed E-state index contributed by atoms with van der Waals surface area (Å²) in [6.07, 6.45) is 2.04. The van der Waals surface area contributed by atoms with Crippen LogP contribution in [0, 0.1) is 22.7 Å². The summed E-state index contributed by atoms with van der Waals surface area (Å²) in [5.74, 6) is 0. The van der Waals surface area contributed by atoms with Crippen molar-refractivity contribution in [1.82, 2.24) is 14.0 Å². The summed E-state index contributed by atoms with van der Waals surface area (Å²) < 4.78 is 4.36. The summed E-state index contributed by atoms with van der Waals surface area (Å²) in [4.78, 5) is 5.13. The van der Waals surface area contributed by atoms with Crippen LogP contribution in [0.15, 0.2) is 152 Å². The van der Waals surface area contributed by atoms with E-state index in [-0.39, 0.29) is 0 Å². The number of hydrogen-bond donors (Lipinski definition) is 0. The number of hydrogen-bond acceptors (Lipinski definition) is 3. The third-order valence-electron chi connectivity index (χ3n) is 9.22. The largest absolute Gasteiger partial charge is 0.308 e. The van der Waals surface area contributed by atoms with Gasteiger partial charge in [-0.2, -0.15) is 10.5 Å². The number of rotatable bonds is 4. The average Bonchev–Trinajstić information content (AvgIpc) is 3.70. The van der Waals surface area contributed by atoms with E-state index in [1.807, 2.05) is 121 Å². The molecular weight excluding hydrogens is 587 g/mol. The summed E-state index contributed by atoms with van der Waals surface area (Å²) in [5.41, 5.74) is 11.2. The molecule has 48 heavy (non-hydrogen) atoms. The first kappa shape index (κ1) is 27.4. The van der Waals surface area contributed by atoms with E-state index in [0.717, 1.165) is 72.0 Å². The van der Waals surface area contributed by atoms with E-state index < -0.39 is 0 Å². The van der Waals surface area contributed by atoms with Crippen LogP contribution in [-0.2, 0) is 0 Å². The molecule has 222 valence electrons. The van der Waals surface area contributed by atoms with Crippen molar-refractivity contribution in [3.8, 4) is 51.2 Å². The van der Waals surface area contributed by atoms with Crippen LogP contribution >= 0.6 is 0 Å². The van der Waals surface area contributed by atoms with Crippen molar-refractivity contribution in [2.45, 2.75) is 0 Å². The summed E-state index contributed by atoms with van der Waals surface area (Å²) in [5, 5.41) is 24.3. The Morgan fingerprint density at radius 2 is 1.00 bits per heavy atom. The normalized spacial score (nSPS) is 11.3. The maximum absolute atomic E-state index is 11.1. The number of nitriles is 2. The van der Waals surface area contributed by atoms with E-state index >= 15 is 0 Å². The number of imidazole rings is 1. The Bertz CT molecular complexity index is 2700. The zero-order valence-electron chi connectivity index (χ0n) is 25.7. The van der Waals surface area contributed by atoms with Crippen molar-refractivity contribution >= 4 is 38.5 Å². The lowest BCUT2D eigenvalue weighted by Crippen LogP contribution is -2.07. The van der Waals surface area contributed by atoms with Gasteiger partial charge in [0.05, 0.1) is 38.9 Å². The Labute approximate surface area is 276 Å². The van der Waals surface area contributed by atoms with Crippen LogP contribution in [0.3, 0.4) is 0 Å². The van der Waals surface area contributed by atoms with Gasteiger partial charge in [0, 0.05) is 33.7 Å². The summed E-state index contributed by atoms with van der Waals surface area (Å²) in [6.45, 7) is 0. The van der Waals surface area contributed by atoms with Gasteiger partial charge < -0.3 is 4.57 Å².